The molecule has 0 radical (unpaired) electrons. The molecule has 0 spiro atoms. The van der Waals surface area contributed by atoms with Gasteiger partial charge in [0.15, 0.2) is 6.61 Å². The van der Waals surface area contributed by atoms with Crippen LogP contribution in [-0.4, -0.2) is 30.4 Å². The van der Waals surface area contributed by atoms with E-state index in [0.717, 1.165) is 5.56 Å². The molecule has 2 unspecified atom stereocenters. The topological polar surface area (TPSA) is 84.5 Å². The van der Waals surface area contributed by atoms with Gasteiger partial charge in [0, 0.05) is 5.56 Å². The Balaban J connectivity index is 1.88. The van der Waals surface area contributed by atoms with E-state index in [1.165, 1.54) is 0 Å². The second-order valence-electron chi connectivity index (χ2n) is 6.87. The number of carbonyl (C=O) groups excluding carboxylic acids is 3. The van der Waals surface area contributed by atoms with Crippen molar-refractivity contribution in [2.24, 2.45) is 5.92 Å². The third kappa shape index (κ3) is 6.23. The highest BCUT2D eigenvalue weighted by molar-refractivity contribution is 5.97. The zero-order valence-electron chi connectivity index (χ0n) is 16.3. The fourth-order valence-electron chi connectivity index (χ4n) is 2.65. The van der Waals surface area contributed by atoms with E-state index in [0.29, 0.717) is 5.56 Å². The number of benzene rings is 2. The van der Waals surface area contributed by atoms with Gasteiger partial charge in [0.05, 0.1) is 6.04 Å². The molecule has 6 nitrogen and oxygen atoms in total. The predicted molar refractivity (Wildman–Crippen MR) is 106 cm³/mol. The van der Waals surface area contributed by atoms with Gasteiger partial charge < -0.3 is 15.4 Å². The molecular weight excluding hydrogens is 356 g/mol. The van der Waals surface area contributed by atoms with E-state index in [1.54, 1.807) is 44.2 Å². The number of rotatable bonds is 8. The monoisotopic (exact) mass is 382 g/mol. The lowest BCUT2D eigenvalue weighted by molar-refractivity contribution is -0.151. The van der Waals surface area contributed by atoms with Crippen LogP contribution < -0.4 is 10.6 Å². The molecule has 0 fully saturated rings. The summed E-state index contributed by atoms with van der Waals surface area (Å²) < 4.78 is 5.14. The highest BCUT2D eigenvalue weighted by Crippen LogP contribution is 2.11. The molecule has 0 aliphatic carbocycles. The molecule has 0 heterocycles. The number of ether oxygens (including phenoxy) is 1. The Morgan fingerprint density at radius 3 is 2.00 bits per heavy atom. The summed E-state index contributed by atoms with van der Waals surface area (Å²) in [6, 6.07) is 17.1. The largest absolute Gasteiger partial charge is 0.454 e. The average Bonchev–Trinajstić information content (AvgIpc) is 2.71. The number of carbonyl (C=O) groups is 3. The molecule has 2 atom stereocenters. The van der Waals surface area contributed by atoms with Crippen LogP contribution >= 0.6 is 0 Å². The molecule has 6 heteroatoms. The Morgan fingerprint density at radius 1 is 0.857 bits per heavy atom. The third-order valence-electron chi connectivity index (χ3n) is 4.27. The van der Waals surface area contributed by atoms with Crippen LogP contribution in [-0.2, 0) is 14.3 Å². The zero-order valence-corrected chi connectivity index (χ0v) is 16.3. The van der Waals surface area contributed by atoms with E-state index < -0.39 is 24.5 Å². The smallest absolute Gasteiger partial charge is 0.329 e. The van der Waals surface area contributed by atoms with Gasteiger partial charge in [-0.25, -0.2) is 4.79 Å². The first-order valence-corrected chi connectivity index (χ1v) is 9.25. The lowest BCUT2D eigenvalue weighted by Gasteiger charge is -2.21. The van der Waals surface area contributed by atoms with Crippen LogP contribution in [0.2, 0.25) is 0 Å². The lowest BCUT2D eigenvalue weighted by Crippen LogP contribution is -2.46. The summed E-state index contributed by atoms with van der Waals surface area (Å²) in [7, 11) is 0. The summed E-state index contributed by atoms with van der Waals surface area (Å²) in [6.45, 7) is 5.05. The summed E-state index contributed by atoms with van der Waals surface area (Å²) in [6.07, 6.45) is 0. The molecule has 0 aliphatic rings. The maximum atomic E-state index is 12.4. The minimum atomic E-state index is -0.841. The first-order chi connectivity index (χ1) is 13.4. The van der Waals surface area contributed by atoms with Gasteiger partial charge in [0.2, 0.25) is 0 Å². The van der Waals surface area contributed by atoms with Crippen LogP contribution in [0.5, 0.6) is 0 Å². The van der Waals surface area contributed by atoms with Gasteiger partial charge in [-0.2, -0.15) is 0 Å². The zero-order chi connectivity index (χ0) is 20.5. The molecule has 2 aromatic carbocycles. The lowest BCUT2D eigenvalue weighted by atomic mass is 10.0. The summed E-state index contributed by atoms with van der Waals surface area (Å²) in [4.78, 5) is 36.8. The van der Waals surface area contributed by atoms with Gasteiger partial charge in [-0.3, -0.25) is 9.59 Å². The molecule has 2 aromatic rings. The van der Waals surface area contributed by atoms with Crippen molar-refractivity contribution in [2.45, 2.75) is 32.9 Å². The van der Waals surface area contributed by atoms with E-state index in [1.807, 2.05) is 37.3 Å². The molecule has 148 valence electrons. The molecule has 2 amide bonds. The van der Waals surface area contributed by atoms with Crippen LogP contribution in [0.15, 0.2) is 60.7 Å². The Labute approximate surface area is 165 Å². The highest BCUT2D eigenvalue weighted by atomic mass is 16.5. The summed E-state index contributed by atoms with van der Waals surface area (Å²) in [5.41, 5.74) is 1.41. The fourth-order valence-corrected chi connectivity index (χ4v) is 2.65. The molecule has 0 aromatic heterocycles. The molecule has 28 heavy (non-hydrogen) atoms. The normalized spacial score (nSPS) is 12.7. The van der Waals surface area contributed by atoms with Crippen molar-refractivity contribution in [3.8, 4) is 0 Å². The van der Waals surface area contributed by atoms with Crippen molar-refractivity contribution >= 4 is 17.8 Å². The number of hydrogen-bond acceptors (Lipinski definition) is 4. The van der Waals surface area contributed by atoms with Crippen LogP contribution in [0.4, 0.5) is 0 Å². The summed E-state index contributed by atoms with van der Waals surface area (Å²) in [5.74, 6) is -1.59. The molecule has 0 aliphatic heterocycles. The van der Waals surface area contributed by atoms with Crippen molar-refractivity contribution in [2.75, 3.05) is 6.61 Å². The van der Waals surface area contributed by atoms with Crippen molar-refractivity contribution in [1.82, 2.24) is 10.6 Å². The number of esters is 1. The average molecular weight is 382 g/mol. The molecule has 2 N–H and O–H groups in total. The summed E-state index contributed by atoms with van der Waals surface area (Å²) >= 11 is 0. The maximum Gasteiger partial charge on any atom is 0.329 e. The Hall–Kier alpha value is -3.15. The van der Waals surface area contributed by atoms with E-state index in [4.69, 9.17) is 4.74 Å². The quantitative estimate of drug-likeness (QED) is 0.688. The second-order valence-corrected chi connectivity index (χ2v) is 6.87. The maximum absolute atomic E-state index is 12.4. The van der Waals surface area contributed by atoms with Gasteiger partial charge in [-0.15, -0.1) is 0 Å². The molecular formula is C22H26N2O4. The Bertz CT molecular complexity index is 791. The number of nitrogens with one attached hydrogen (secondary N) is 2. The minimum absolute atomic E-state index is 0.188. The first-order valence-electron chi connectivity index (χ1n) is 9.25. The van der Waals surface area contributed by atoms with Gasteiger partial charge >= 0.3 is 5.97 Å². The first kappa shape index (κ1) is 21.2. The highest BCUT2D eigenvalue weighted by Gasteiger charge is 2.26. The molecule has 0 saturated heterocycles. The van der Waals surface area contributed by atoms with Crippen molar-refractivity contribution in [3.63, 3.8) is 0 Å². The van der Waals surface area contributed by atoms with Gasteiger partial charge in [-0.1, -0.05) is 62.4 Å². The van der Waals surface area contributed by atoms with Gasteiger partial charge in [-0.05, 0) is 30.5 Å². The van der Waals surface area contributed by atoms with Gasteiger partial charge in [0.1, 0.15) is 6.04 Å². The number of amides is 2. The standard InChI is InChI=1S/C22H26N2O4/c1-15(2)20(24-21(26)18-12-8-5-9-13-18)22(27)28-14-19(25)23-16(3)17-10-6-4-7-11-17/h4-13,15-16,20H,14H2,1-3H3,(H,23,25)(H,24,26). The third-order valence-corrected chi connectivity index (χ3v) is 4.27. The number of hydrogen-bond donors (Lipinski definition) is 2. The molecule has 0 bridgehead atoms. The van der Waals surface area contributed by atoms with Crippen LogP contribution in [0.25, 0.3) is 0 Å². The van der Waals surface area contributed by atoms with Crippen LogP contribution in [0.1, 0.15) is 42.7 Å². The van der Waals surface area contributed by atoms with Crippen LogP contribution in [0, 0.1) is 5.92 Å². The van der Waals surface area contributed by atoms with E-state index in [-0.39, 0.29) is 17.9 Å². The van der Waals surface area contributed by atoms with Crippen molar-refractivity contribution in [1.29, 1.82) is 0 Å². The van der Waals surface area contributed by atoms with Crippen molar-refractivity contribution < 1.29 is 19.1 Å². The molecule has 2 rings (SSSR count). The van der Waals surface area contributed by atoms with Crippen LogP contribution in [0.3, 0.4) is 0 Å². The van der Waals surface area contributed by atoms with E-state index in [2.05, 4.69) is 10.6 Å². The molecule has 0 saturated carbocycles. The SMILES string of the molecule is CC(NC(=O)COC(=O)C(NC(=O)c1ccccc1)C(C)C)c1ccccc1. The van der Waals surface area contributed by atoms with E-state index >= 15 is 0 Å². The predicted octanol–water partition coefficient (Wildman–Crippen LogP) is 2.86. The van der Waals surface area contributed by atoms with E-state index in [9.17, 15) is 14.4 Å². The Morgan fingerprint density at radius 2 is 1.43 bits per heavy atom. The second kappa shape index (κ2) is 10.3. The summed E-state index contributed by atoms with van der Waals surface area (Å²) in [5, 5.41) is 5.46. The van der Waals surface area contributed by atoms with Crippen molar-refractivity contribution in [3.05, 3.63) is 71.8 Å². The minimum Gasteiger partial charge on any atom is -0.454 e. The fraction of sp³-hybridized carbons (Fsp3) is 0.318. The van der Waals surface area contributed by atoms with Gasteiger partial charge in [0.25, 0.3) is 11.8 Å². The Kier molecular flexibility index (Phi) is 7.75.